The van der Waals surface area contributed by atoms with Crippen molar-refractivity contribution in [1.29, 1.82) is 0 Å². The van der Waals surface area contributed by atoms with E-state index in [4.69, 9.17) is 16.7 Å². The third kappa shape index (κ3) is 2.29. The Kier molecular flexibility index (Phi) is 3.30. The minimum absolute atomic E-state index is 0.264. The van der Waals surface area contributed by atoms with Crippen molar-refractivity contribution in [2.24, 2.45) is 0 Å². The number of aliphatic carboxylic acids is 1. The number of rotatable bonds is 3. The number of hydrogen-bond donors (Lipinski definition) is 2. The van der Waals surface area contributed by atoms with Crippen LogP contribution in [-0.4, -0.2) is 30.2 Å². The number of benzene rings is 1. The van der Waals surface area contributed by atoms with Gasteiger partial charge in [-0.05, 0) is 12.1 Å². The molecule has 0 aliphatic carbocycles. The summed E-state index contributed by atoms with van der Waals surface area (Å²) in [5.41, 5.74) is -0.786. The predicted octanol–water partition coefficient (Wildman–Crippen LogP) is 0.613. The molecule has 3 rings (SSSR count). The third-order valence-corrected chi connectivity index (χ3v) is 3.42. The zero-order chi connectivity index (χ0) is 15.9. The second-order valence-electron chi connectivity index (χ2n) is 4.53. The van der Waals surface area contributed by atoms with Crippen LogP contribution >= 0.6 is 11.6 Å². The molecule has 1 aromatic carbocycles. The number of carboxylic acid groups (broad SMARTS) is 1. The lowest BCUT2D eigenvalue weighted by molar-refractivity contribution is -0.137. The van der Waals surface area contributed by atoms with E-state index < -0.39 is 23.6 Å². The number of aromatic amines is 1. The molecule has 0 spiro atoms. The number of imidazole rings is 1. The summed E-state index contributed by atoms with van der Waals surface area (Å²) in [6.07, 6.45) is 4.72. The summed E-state index contributed by atoms with van der Waals surface area (Å²) in [4.78, 5) is 40.8. The zero-order valence-corrected chi connectivity index (χ0v) is 11.7. The first-order chi connectivity index (χ1) is 10.5. The lowest BCUT2D eigenvalue weighted by atomic mass is 10.2. The molecule has 8 nitrogen and oxygen atoms in total. The number of aromatic nitrogens is 4. The monoisotopic (exact) mass is 320 g/mol. The smallest absolute Gasteiger partial charge is 0.323 e. The van der Waals surface area contributed by atoms with Crippen LogP contribution in [0, 0.1) is 0 Å². The van der Waals surface area contributed by atoms with Gasteiger partial charge < -0.3 is 14.7 Å². The van der Waals surface area contributed by atoms with E-state index in [2.05, 4.69) is 9.97 Å². The summed E-state index contributed by atoms with van der Waals surface area (Å²) in [5.74, 6) is -1.23. The lowest BCUT2D eigenvalue weighted by Gasteiger charge is -2.11. The van der Waals surface area contributed by atoms with Gasteiger partial charge in [-0.1, -0.05) is 11.6 Å². The normalized spacial score (nSPS) is 11.0. The molecule has 0 saturated carbocycles. The van der Waals surface area contributed by atoms with Gasteiger partial charge in [0.05, 0.1) is 28.1 Å². The maximum atomic E-state index is 11.9. The Labute approximate surface area is 127 Å². The fraction of sp³-hybridized carbons (Fsp3) is 0.0769. The van der Waals surface area contributed by atoms with E-state index in [0.717, 1.165) is 4.57 Å². The first kappa shape index (κ1) is 14.1. The molecule has 2 heterocycles. The number of hydrogen-bond acceptors (Lipinski definition) is 4. The number of halogens is 1. The molecule has 22 heavy (non-hydrogen) atoms. The van der Waals surface area contributed by atoms with Crippen LogP contribution in [0.25, 0.3) is 16.7 Å². The van der Waals surface area contributed by atoms with E-state index in [-0.39, 0.29) is 11.0 Å². The standard InChI is InChI=1S/C13H9ClN4O4/c14-7-3-8-10(4-9(7)17-2-1-15-6-17)18(5-11(19)20)13(22)12(21)16-8/h1-4,6H,5H2,(H,16,21)(H,19,20). The van der Waals surface area contributed by atoms with Crippen molar-refractivity contribution in [1.82, 2.24) is 19.1 Å². The zero-order valence-electron chi connectivity index (χ0n) is 11.0. The molecule has 0 fully saturated rings. The number of nitrogens with one attached hydrogen (secondary N) is 1. The lowest BCUT2D eigenvalue weighted by Crippen LogP contribution is -2.37. The van der Waals surface area contributed by atoms with Gasteiger partial charge in [0.25, 0.3) is 0 Å². The van der Waals surface area contributed by atoms with Gasteiger partial charge in [-0.15, -0.1) is 0 Å². The van der Waals surface area contributed by atoms with Crippen LogP contribution in [0.2, 0.25) is 5.02 Å². The summed E-state index contributed by atoms with van der Waals surface area (Å²) in [7, 11) is 0. The molecule has 112 valence electrons. The number of fused-ring (bicyclic) bond motifs is 1. The summed E-state index contributed by atoms with van der Waals surface area (Å²) in [6, 6.07) is 2.99. The van der Waals surface area contributed by atoms with E-state index in [9.17, 15) is 14.4 Å². The second kappa shape index (κ2) is 5.15. The van der Waals surface area contributed by atoms with Crippen LogP contribution in [0.4, 0.5) is 0 Å². The molecule has 3 aromatic rings. The first-order valence-electron chi connectivity index (χ1n) is 6.14. The van der Waals surface area contributed by atoms with Gasteiger partial charge >= 0.3 is 17.1 Å². The summed E-state index contributed by atoms with van der Waals surface area (Å²) >= 11 is 6.17. The highest BCUT2D eigenvalue weighted by molar-refractivity contribution is 6.33. The van der Waals surface area contributed by atoms with E-state index in [1.165, 1.54) is 18.5 Å². The molecule has 0 unspecified atom stereocenters. The molecule has 2 N–H and O–H groups in total. The molecule has 0 atom stereocenters. The highest BCUT2D eigenvalue weighted by Crippen LogP contribution is 2.25. The maximum Gasteiger partial charge on any atom is 0.323 e. The van der Waals surface area contributed by atoms with Crippen molar-refractivity contribution in [3.05, 3.63) is 56.6 Å². The van der Waals surface area contributed by atoms with Crippen molar-refractivity contribution in [2.75, 3.05) is 0 Å². The van der Waals surface area contributed by atoms with Gasteiger partial charge in [-0.2, -0.15) is 0 Å². The van der Waals surface area contributed by atoms with E-state index in [0.29, 0.717) is 10.7 Å². The summed E-state index contributed by atoms with van der Waals surface area (Å²) < 4.78 is 2.51. The minimum atomic E-state index is -1.23. The Morgan fingerprint density at radius 3 is 2.77 bits per heavy atom. The fourth-order valence-electron chi connectivity index (χ4n) is 2.17. The van der Waals surface area contributed by atoms with Gasteiger partial charge in [0, 0.05) is 12.4 Å². The van der Waals surface area contributed by atoms with E-state index >= 15 is 0 Å². The van der Waals surface area contributed by atoms with Crippen molar-refractivity contribution in [3.8, 4) is 5.69 Å². The van der Waals surface area contributed by atoms with E-state index in [1.54, 1.807) is 17.0 Å². The largest absolute Gasteiger partial charge is 0.480 e. The van der Waals surface area contributed by atoms with Crippen LogP contribution in [0.5, 0.6) is 0 Å². The molecule has 0 bridgehead atoms. The number of nitrogens with zero attached hydrogens (tertiary/aromatic N) is 3. The summed E-state index contributed by atoms with van der Waals surface area (Å²) in [6.45, 7) is -0.621. The minimum Gasteiger partial charge on any atom is -0.480 e. The molecule has 0 amide bonds. The van der Waals surface area contributed by atoms with Gasteiger partial charge in [-0.25, -0.2) is 4.98 Å². The van der Waals surface area contributed by atoms with Crippen LogP contribution in [0.15, 0.2) is 40.4 Å². The maximum absolute atomic E-state index is 11.9. The van der Waals surface area contributed by atoms with E-state index in [1.807, 2.05) is 0 Å². The second-order valence-corrected chi connectivity index (χ2v) is 4.94. The van der Waals surface area contributed by atoms with Gasteiger partial charge in [0.2, 0.25) is 0 Å². The number of carbonyl (C=O) groups is 1. The van der Waals surface area contributed by atoms with Crippen LogP contribution in [0.3, 0.4) is 0 Å². The van der Waals surface area contributed by atoms with Gasteiger partial charge in [0.15, 0.2) is 0 Å². The van der Waals surface area contributed by atoms with Crippen LogP contribution in [-0.2, 0) is 11.3 Å². The molecule has 0 aliphatic heterocycles. The molecule has 2 aromatic heterocycles. The Morgan fingerprint density at radius 2 is 2.14 bits per heavy atom. The Hall–Kier alpha value is -2.87. The number of carboxylic acids is 1. The quantitative estimate of drug-likeness (QED) is 0.687. The molecular weight excluding hydrogens is 312 g/mol. The molecule has 9 heteroatoms. The van der Waals surface area contributed by atoms with Crippen LogP contribution < -0.4 is 11.1 Å². The average Bonchev–Trinajstić information content (AvgIpc) is 2.97. The molecular formula is C13H9ClN4O4. The van der Waals surface area contributed by atoms with Crippen LogP contribution in [0.1, 0.15) is 0 Å². The molecule has 0 saturated heterocycles. The van der Waals surface area contributed by atoms with Crippen molar-refractivity contribution in [3.63, 3.8) is 0 Å². The summed E-state index contributed by atoms with van der Waals surface area (Å²) in [5, 5.41) is 9.26. The topological polar surface area (TPSA) is 110 Å². The third-order valence-electron chi connectivity index (χ3n) is 3.12. The SMILES string of the molecule is O=C(O)Cn1c(=O)c(=O)[nH]c2cc(Cl)c(-n3ccnc3)cc21. The average molecular weight is 321 g/mol. The Balaban J connectivity index is 2.39. The predicted molar refractivity (Wildman–Crippen MR) is 78.6 cm³/mol. The molecule has 0 radical (unpaired) electrons. The van der Waals surface area contributed by atoms with Crippen molar-refractivity contribution >= 4 is 28.6 Å². The highest BCUT2D eigenvalue weighted by Gasteiger charge is 2.14. The van der Waals surface area contributed by atoms with Crippen molar-refractivity contribution in [2.45, 2.75) is 6.54 Å². The Morgan fingerprint density at radius 1 is 1.36 bits per heavy atom. The highest BCUT2D eigenvalue weighted by atomic mass is 35.5. The van der Waals surface area contributed by atoms with Gasteiger partial charge in [0.1, 0.15) is 6.54 Å². The first-order valence-corrected chi connectivity index (χ1v) is 6.51. The molecule has 0 aliphatic rings. The van der Waals surface area contributed by atoms with Crippen molar-refractivity contribution < 1.29 is 9.90 Å². The van der Waals surface area contributed by atoms with Gasteiger partial charge in [-0.3, -0.25) is 19.0 Å². The number of H-pyrrole nitrogens is 1. The fourth-order valence-corrected chi connectivity index (χ4v) is 2.43. The Bertz CT molecular complexity index is 988.